The highest BCUT2D eigenvalue weighted by Crippen LogP contribution is 2.28. The third-order valence-corrected chi connectivity index (χ3v) is 5.17. The number of halogens is 6. The standard InChI is InChI=1S/C18H23N7O.2C2HF3O2/c1-23-8-15(7-20-23)9-25-10-16(18-17(11-25)21-22-24(18)2)13-26-12-14-3-5-19-6-4-14;2*3-2(4,5)1(6)7/h3-8,16H,9-13H2,1-2H3;2*(H,6,7). The van der Waals surface area contributed by atoms with E-state index in [1.165, 1.54) is 11.3 Å². The highest BCUT2D eigenvalue weighted by Gasteiger charge is 2.39. The second-order valence-corrected chi connectivity index (χ2v) is 8.41. The number of nitrogens with zero attached hydrogens (tertiary/aromatic N) is 7. The summed E-state index contributed by atoms with van der Waals surface area (Å²) in [7, 11) is 3.90. The Labute approximate surface area is 222 Å². The van der Waals surface area contributed by atoms with Gasteiger partial charge in [0.2, 0.25) is 0 Å². The Morgan fingerprint density at radius 1 is 1.02 bits per heavy atom. The van der Waals surface area contributed by atoms with Crippen molar-refractivity contribution in [3.8, 4) is 0 Å². The molecule has 40 heavy (non-hydrogen) atoms. The first kappa shape index (κ1) is 32.2. The molecule has 0 radical (unpaired) electrons. The zero-order valence-electron chi connectivity index (χ0n) is 21.1. The Morgan fingerprint density at radius 3 is 2.10 bits per heavy atom. The number of rotatable bonds is 6. The van der Waals surface area contributed by atoms with Gasteiger partial charge in [0.1, 0.15) is 5.69 Å². The van der Waals surface area contributed by atoms with E-state index in [1.54, 1.807) is 12.4 Å². The van der Waals surface area contributed by atoms with Crippen LogP contribution in [0.25, 0.3) is 0 Å². The van der Waals surface area contributed by atoms with Gasteiger partial charge in [-0.15, -0.1) is 5.10 Å². The first-order chi connectivity index (χ1) is 18.6. The lowest BCUT2D eigenvalue weighted by Gasteiger charge is -2.31. The van der Waals surface area contributed by atoms with E-state index in [9.17, 15) is 26.3 Å². The zero-order chi connectivity index (χ0) is 30.1. The maximum absolute atomic E-state index is 10.6. The number of alkyl halides is 6. The maximum Gasteiger partial charge on any atom is 0.490 e. The quantitative estimate of drug-likeness (QED) is 0.416. The van der Waals surface area contributed by atoms with Gasteiger partial charge in [0, 0.05) is 63.8 Å². The van der Waals surface area contributed by atoms with Crippen molar-refractivity contribution in [2.75, 3.05) is 13.2 Å². The van der Waals surface area contributed by atoms with Crippen LogP contribution in [0.5, 0.6) is 0 Å². The topological polar surface area (TPSA) is 148 Å². The molecule has 0 amide bonds. The van der Waals surface area contributed by atoms with Gasteiger partial charge in [0.25, 0.3) is 0 Å². The SMILES string of the molecule is Cn1cc(CN2Cc3nnn(C)c3C(COCc3ccncc3)C2)cn1.O=C(O)C(F)(F)F.O=C(O)C(F)(F)F. The van der Waals surface area contributed by atoms with Crippen molar-refractivity contribution in [3.05, 3.63) is 59.4 Å². The summed E-state index contributed by atoms with van der Waals surface area (Å²) in [5.74, 6) is -5.27. The van der Waals surface area contributed by atoms with E-state index in [-0.39, 0.29) is 5.92 Å². The van der Waals surface area contributed by atoms with Crippen molar-refractivity contribution < 1.29 is 50.9 Å². The molecule has 0 aromatic carbocycles. The van der Waals surface area contributed by atoms with Gasteiger partial charge >= 0.3 is 24.3 Å². The van der Waals surface area contributed by atoms with Gasteiger partial charge in [-0.3, -0.25) is 19.2 Å². The maximum atomic E-state index is 10.6. The number of hydrogen-bond acceptors (Lipinski definition) is 8. The number of aliphatic carboxylic acids is 2. The highest BCUT2D eigenvalue weighted by molar-refractivity contribution is 5.73. The average molecular weight is 581 g/mol. The average Bonchev–Trinajstić information content (AvgIpc) is 3.44. The van der Waals surface area contributed by atoms with E-state index in [0.717, 1.165) is 30.9 Å². The van der Waals surface area contributed by atoms with Crippen molar-refractivity contribution in [2.45, 2.75) is 38.0 Å². The number of aryl methyl sites for hydroxylation is 2. The molecular formula is C22H25F6N7O5. The van der Waals surface area contributed by atoms with Crippen molar-refractivity contribution in [1.29, 1.82) is 0 Å². The summed E-state index contributed by atoms with van der Waals surface area (Å²) in [5.41, 5.74) is 4.56. The van der Waals surface area contributed by atoms with Crippen LogP contribution >= 0.6 is 0 Å². The fourth-order valence-electron chi connectivity index (χ4n) is 3.56. The lowest BCUT2D eigenvalue weighted by Crippen LogP contribution is -2.35. The Bertz CT molecular complexity index is 1220. The number of ether oxygens (including phenoxy) is 1. The van der Waals surface area contributed by atoms with Gasteiger partial charge in [-0.1, -0.05) is 5.21 Å². The normalized spacial score (nSPS) is 15.2. The van der Waals surface area contributed by atoms with E-state index in [4.69, 9.17) is 24.5 Å². The summed E-state index contributed by atoms with van der Waals surface area (Å²) in [6, 6.07) is 3.96. The molecule has 0 spiro atoms. The van der Waals surface area contributed by atoms with E-state index < -0.39 is 24.3 Å². The molecule has 0 saturated carbocycles. The summed E-state index contributed by atoms with van der Waals surface area (Å²) in [6.07, 6.45) is -2.61. The van der Waals surface area contributed by atoms with E-state index in [0.29, 0.717) is 13.2 Å². The zero-order valence-corrected chi connectivity index (χ0v) is 21.1. The summed E-state index contributed by atoms with van der Waals surface area (Å²) >= 11 is 0. The summed E-state index contributed by atoms with van der Waals surface area (Å²) < 4.78 is 73.2. The van der Waals surface area contributed by atoms with Crippen molar-refractivity contribution in [2.24, 2.45) is 14.1 Å². The van der Waals surface area contributed by atoms with E-state index >= 15 is 0 Å². The number of carbonyl (C=O) groups is 2. The molecule has 1 aliphatic rings. The summed E-state index contributed by atoms with van der Waals surface area (Å²) in [5, 5.41) is 27.1. The van der Waals surface area contributed by atoms with E-state index in [2.05, 4.69) is 31.5 Å². The monoisotopic (exact) mass is 581 g/mol. The minimum atomic E-state index is -5.08. The molecule has 18 heteroatoms. The molecule has 3 aromatic heterocycles. The molecule has 0 aliphatic carbocycles. The van der Waals surface area contributed by atoms with Crippen LogP contribution in [0.4, 0.5) is 26.3 Å². The highest BCUT2D eigenvalue weighted by atomic mass is 19.4. The number of carboxylic acids is 2. The molecule has 220 valence electrons. The summed E-state index contributed by atoms with van der Waals surface area (Å²) in [6.45, 7) is 3.80. The minimum Gasteiger partial charge on any atom is -0.475 e. The number of aromatic nitrogens is 6. The molecule has 1 aliphatic heterocycles. The van der Waals surface area contributed by atoms with Gasteiger partial charge in [-0.2, -0.15) is 31.4 Å². The largest absolute Gasteiger partial charge is 0.490 e. The third kappa shape index (κ3) is 10.3. The van der Waals surface area contributed by atoms with Gasteiger partial charge in [-0.25, -0.2) is 9.59 Å². The van der Waals surface area contributed by atoms with Crippen LogP contribution in [0.2, 0.25) is 0 Å². The Morgan fingerprint density at radius 2 is 1.60 bits per heavy atom. The van der Waals surface area contributed by atoms with Gasteiger partial charge in [0.05, 0.1) is 25.1 Å². The Balaban J connectivity index is 0.000000333. The molecule has 0 saturated heterocycles. The van der Waals surface area contributed by atoms with Crippen LogP contribution in [0.3, 0.4) is 0 Å². The number of hydrogen-bond donors (Lipinski definition) is 2. The molecule has 12 nitrogen and oxygen atoms in total. The van der Waals surface area contributed by atoms with Gasteiger partial charge < -0.3 is 14.9 Å². The predicted octanol–water partition coefficient (Wildman–Crippen LogP) is 2.53. The van der Waals surface area contributed by atoms with Crippen LogP contribution in [-0.2, 0) is 48.1 Å². The van der Waals surface area contributed by atoms with Crippen LogP contribution < -0.4 is 0 Å². The van der Waals surface area contributed by atoms with Crippen molar-refractivity contribution in [3.63, 3.8) is 0 Å². The number of carboxylic acid groups (broad SMARTS) is 2. The number of pyridine rings is 1. The molecule has 1 atom stereocenters. The molecule has 1 unspecified atom stereocenters. The second-order valence-electron chi connectivity index (χ2n) is 8.41. The molecular weight excluding hydrogens is 556 g/mol. The lowest BCUT2D eigenvalue weighted by molar-refractivity contribution is -0.193. The molecule has 2 N–H and O–H groups in total. The predicted molar refractivity (Wildman–Crippen MR) is 122 cm³/mol. The van der Waals surface area contributed by atoms with Crippen LogP contribution in [0.15, 0.2) is 36.9 Å². The second kappa shape index (κ2) is 13.8. The van der Waals surface area contributed by atoms with Gasteiger partial charge in [0.15, 0.2) is 0 Å². The fraction of sp³-hybridized carbons (Fsp3) is 0.455. The third-order valence-electron chi connectivity index (χ3n) is 5.17. The van der Waals surface area contributed by atoms with Crippen LogP contribution in [0, 0.1) is 0 Å². The van der Waals surface area contributed by atoms with Gasteiger partial charge in [-0.05, 0) is 17.7 Å². The van der Waals surface area contributed by atoms with Crippen molar-refractivity contribution in [1.82, 2.24) is 34.7 Å². The van der Waals surface area contributed by atoms with E-state index in [1.807, 2.05) is 41.8 Å². The Kier molecular flexibility index (Phi) is 11.1. The molecule has 4 rings (SSSR count). The molecule has 0 bridgehead atoms. The van der Waals surface area contributed by atoms with Crippen LogP contribution in [0.1, 0.15) is 28.4 Å². The first-order valence-electron chi connectivity index (χ1n) is 11.2. The smallest absolute Gasteiger partial charge is 0.475 e. The number of fused-ring (bicyclic) bond motifs is 1. The fourth-order valence-corrected chi connectivity index (χ4v) is 3.56. The molecule has 0 fully saturated rings. The lowest BCUT2D eigenvalue weighted by atomic mass is 9.98. The minimum absolute atomic E-state index is 0.247. The molecule has 3 aromatic rings. The van der Waals surface area contributed by atoms with Crippen molar-refractivity contribution >= 4 is 11.9 Å². The summed E-state index contributed by atoms with van der Waals surface area (Å²) in [4.78, 5) is 24.2. The Hall–Kier alpha value is -4.06. The van der Waals surface area contributed by atoms with Crippen LogP contribution in [-0.4, -0.2) is 82.3 Å². The molecule has 4 heterocycles. The first-order valence-corrected chi connectivity index (χ1v) is 11.2.